The summed E-state index contributed by atoms with van der Waals surface area (Å²) >= 11 is 5.93. The summed E-state index contributed by atoms with van der Waals surface area (Å²) in [5.74, 6) is 0.922. The lowest BCUT2D eigenvalue weighted by Crippen LogP contribution is -2.07. The Labute approximate surface area is 225 Å². The number of nitrogens with zero attached hydrogens (tertiary/aromatic N) is 3. The van der Waals surface area contributed by atoms with Gasteiger partial charge in [0.25, 0.3) is 0 Å². The number of aromatic nitrogens is 3. The molecule has 1 heterocycles. The second kappa shape index (κ2) is 11.8. The summed E-state index contributed by atoms with van der Waals surface area (Å²) in [6, 6.07) is 33.7. The van der Waals surface area contributed by atoms with Gasteiger partial charge in [-0.2, -0.15) is 15.0 Å². The highest BCUT2D eigenvalue weighted by Gasteiger charge is 2.10. The number of carbonyl (C=O) groups excluding carboxylic acids is 1. The molecule has 0 fully saturated rings. The van der Waals surface area contributed by atoms with Gasteiger partial charge in [0, 0.05) is 27.6 Å². The van der Waals surface area contributed by atoms with Gasteiger partial charge in [-0.25, -0.2) is 0 Å². The Morgan fingerprint density at radius 3 is 1.66 bits per heavy atom. The van der Waals surface area contributed by atoms with E-state index in [2.05, 4.69) is 30.9 Å². The summed E-state index contributed by atoms with van der Waals surface area (Å²) in [6.07, 6.45) is 3.29. The molecule has 0 saturated heterocycles. The van der Waals surface area contributed by atoms with Crippen molar-refractivity contribution in [3.05, 3.63) is 131 Å². The second-order valence-corrected chi connectivity index (χ2v) is 8.68. The molecule has 7 nitrogen and oxygen atoms in total. The number of nitrogens with one attached hydrogen (secondary N) is 3. The van der Waals surface area contributed by atoms with Crippen LogP contribution in [-0.4, -0.2) is 20.7 Å². The highest BCUT2D eigenvalue weighted by molar-refractivity contribution is 6.30. The lowest BCUT2D eigenvalue weighted by atomic mass is 10.1. The number of hydrogen-bond donors (Lipinski definition) is 3. The average Bonchev–Trinajstić information content (AvgIpc) is 2.94. The van der Waals surface area contributed by atoms with Crippen molar-refractivity contribution in [3.8, 4) is 0 Å². The summed E-state index contributed by atoms with van der Waals surface area (Å²) < 4.78 is 0. The highest BCUT2D eigenvalue weighted by Crippen LogP contribution is 2.22. The van der Waals surface area contributed by atoms with Crippen LogP contribution in [0.5, 0.6) is 0 Å². The first-order valence-electron chi connectivity index (χ1n) is 11.9. The van der Waals surface area contributed by atoms with E-state index >= 15 is 0 Å². The Kier molecular flexibility index (Phi) is 7.67. The first kappa shape index (κ1) is 24.7. The molecule has 4 aromatic carbocycles. The van der Waals surface area contributed by atoms with Crippen LogP contribution in [0.25, 0.3) is 6.08 Å². The van der Waals surface area contributed by atoms with Crippen molar-refractivity contribution in [1.82, 2.24) is 15.0 Å². The number of anilines is 6. The number of hydrogen-bond acceptors (Lipinski definition) is 7. The zero-order valence-electron chi connectivity index (χ0n) is 20.2. The second-order valence-electron chi connectivity index (χ2n) is 8.24. The van der Waals surface area contributed by atoms with E-state index in [0.717, 1.165) is 16.9 Å². The zero-order valence-corrected chi connectivity index (χ0v) is 20.9. The molecule has 0 aliphatic rings. The molecule has 0 unspecified atom stereocenters. The molecule has 0 atom stereocenters. The summed E-state index contributed by atoms with van der Waals surface area (Å²) in [5, 5.41) is 10.3. The molecule has 0 aliphatic heterocycles. The van der Waals surface area contributed by atoms with Gasteiger partial charge >= 0.3 is 0 Å². The van der Waals surface area contributed by atoms with Crippen molar-refractivity contribution < 1.29 is 4.79 Å². The molecule has 5 rings (SSSR count). The van der Waals surface area contributed by atoms with E-state index < -0.39 is 0 Å². The van der Waals surface area contributed by atoms with E-state index in [1.165, 1.54) is 6.08 Å². The SMILES string of the molecule is O=C(/C=C/c1ccc(Cl)cc1)c1cccc(Nc2nc(Nc3ccccc3)nc(Nc3ccccc3)n2)c1. The molecular formula is C30H23ClN6O. The first-order chi connectivity index (χ1) is 18.6. The predicted molar refractivity (Wildman–Crippen MR) is 154 cm³/mol. The molecule has 1 aromatic heterocycles. The third kappa shape index (κ3) is 6.81. The topological polar surface area (TPSA) is 91.8 Å². The molecule has 0 aliphatic carbocycles. The van der Waals surface area contributed by atoms with Gasteiger partial charge in [-0.3, -0.25) is 4.79 Å². The number of rotatable bonds is 9. The molecule has 3 N–H and O–H groups in total. The van der Waals surface area contributed by atoms with Crippen molar-refractivity contribution in [2.75, 3.05) is 16.0 Å². The molecule has 0 radical (unpaired) electrons. The smallest absolute Gasteiger partial charge is 0.233 e. The minimum Gasteiger partial charge on any atom is -0.324 e. The van der Waals surface area contributed by atoms with Gasteiger partial charge in [0.2, 0.25) is 17.8 Å². The maximum absolute atomic E-state index is 12.8. The molecule has 0 amide bonds. The van der Waals surface area contributed by atoms with Crippen LogP contribution in [0.4, 0.5) is 34.9 Å². The van der Waals surface area contributed by atoms with E-state index in [1.54, 1.807) is 36.4 Å². The van der Waals surface area contributed by atoms with E-state index in [1.807, 2.05) is 78.9 Å². The molecule has 0 bridgehead atoms. The average molecular weight is 519 g/mol. The number of benzene rings is 4. The fraction of sp³-hybridized carbons (Fsp3) is 0. The molecule has 0 saturated carbocycles. The van der Waals surface area contributed by atoms with E-state index in [9.17, 15) is 4.79 Å². The van der Waals surface area contributed by atoms with Crippen molar-refractivity contribution in [2.24, 2.45) is 0 Å². The minimum atomic E-state index is -0.128. The minimum absolute atomic E-state index is 0.128. The van der Waals surface area contributed by atoms with Gasteiger partial charge < -0.3 is 16.0 Å². The molecule has 0 spiro atoms. The Morgan fingerprint density at radius 1 is 0.605 bits per heavy atom. The Balaban J connectivity index is 1.38. The normalized spacial score (nSPS) is 10.8. The Hall–Kier alpha value is -5.01. The monoisotopic (exact) mass is 518 g/mol. The molecular weight excluding hydrogens is 496 g/mol. The lowest BCUT2D eigenvalue weighted by molar-refractivity contribution is 0.104. The van der Waals surface area contributed by atoms with Crippen LogP contribution in [-0.2, 0) is 0 Å². The molecule has 5 aromatic rings. The number of para-hydroxylation sites is 2. The fourth-order valence-electron chi connectivity index (χ4n) is 3.57. The lowest BCUT2D eigenvalue weighted by Gasteiger charge is -2.12. The van der Waals surface area contributed by atoms with Gasteiger partial charge in [-0.05, 0) is 60.2 Å². The van der Waals surface area contributed by atoms with Gasteiger partial charge in [0.15, 0.2) is 5.78 Å². The maximum atomic E-state index is 12.8. The van der Waals surface area contributed by atoms with Crippen LogP contribution >= 0.6 is 11.6 Å². The Bertz CT molecular complexity index is 1500. The fourth-order valence-corrected chi connectivity index (χ4v) is 3.69. The van der Waals surface area contributed by atoms with Crippen LogP contribution in [0.15, 0.2) is 115 Å². The van der Waals surface area contributed by atoms with Crippen LogP contribution in [0.1, 0.15) is 15.9 Å². The van der Waals surface area contributed by atoms with Crippen LogP contribution in [0, 0.1) is 0 Å². The predicted octanol–water partition coefficient (Wildman–Crippen LogP) is 7.65. The quantitative estimate of drug-likeness (QED) is 0.136. The number of allylic oxidation sites excluding steroid dienone is 1. The summed E-state index contributed by atoms with van der Waals surface area (Å²) in [7, 11) is 0. The number of carbonyl (C=O) groups is 1. The Morgan fingerprint density at radius 2 is 1.11 bits per heavy atom. The van der Waals surface area contributed by atoms with Crippen molar-refractivity contribution in [1.29, 1.82) is 0 Å². The van der Waals surface area contributed by atoms with Gasteiger partial charge in [0.1, 0.15) is 0 Å². The number of halogens is 1. The van der Waals surface area contributed by atoms with Crippen LogP contribution in [0.2, 0.25) is 5.02 Å². The first-order valence-corrected chi connectivity index (χ1v) is 12.2. The van der Waals surface area contributed by atoms with E-state index in [4.69, 9.17) is 11.6 Å². The van der Waals surface area contributed by atoms with Gasteiger partial charge in [0.05, 0.1) is 0 Å². The zero-order chi connectivity index (χ0) is 26.2. The molecule has 8 heteroatoms. The van der Waals surface area contributed by atoms with Gasteiger partial charge in [-0.1, -0.05) is 78.3 Å². The summed E-state index contributed by atoms with van der Waals surface area (Å²) in [6.45, 7) is 0. The molecule has 186 valence electrons. The third-order valence-corrected chi connectivity index (χ3v) is 5.65. The van der Waals surface area contributed by atoms with Crippen molar-refractivity contribution >= 4 is 58.4 Å². The standard InChI is InChI=1S/C30H23ClN6O/c31-23-17-14-21(15-18-23)16-19-27(38)22-8-7-13-26(20-22)34-30-36-28(32-24-9-3-1-4-10-24)35-29(37-30)33-25-11-5-2-6-12-25/h1-20H,(H3,32,33,34,35,36,37)/b19-16+. The summed E-state index contributed by atoms with van der Waals surface area (Å²) in [5.41, 5.74) is 3.77. The van der Waals surface area contributed by atoms with E-state index in [0.29, 0.717) is 34.1 Å². The third-order valence-electron chi connectivity index (χ3n) is 5.40. The van der Waals surface area contributed by atoms with Crippen LogP contribution < -0.4 is 16.0 Å². The van der Waals surface area contributed by atoms with Crippen LogP contribution in [0.3, 0.4) is 0 Å². The van der Waals surface area contributed by atoms with Gasteiger partial charge in [-0.15, -0.1) is 0 Å². The maximum Gasteiger partial charge on any atom is 0.233 e. The highest BCUT2D eigenvalue weighted by atomic mass is 35.5. The van der Waals surface area contributed by atoms with Crippen molar-refractivity contribution in [2.45, 2.75) is 0 Å². The molecule has 38 heavy (non-hydrogen) atoms. The number of ketones is 1. The largest absolute Gasteiger partial charge is 0.324 e. The van der Waals surface area contributed by atoms with E-state index in [-0.39, 0.29) is 5.78 Å². The summed E-state index contributed by atoms with van der Waals surface area (Å²) in [4.78, 5) is 26.4. The van der Waals surface area contributed by atoms with Crippen molar-refractivity contribution in [3.63, 3.8) is 0 Å².